The molecule has 0 unspecified atom stereocenters. The van der Waals surface area contributed by atoms with Crippen molar-refractivity contribution in [3.63, 3.8) is 0 Å². The lowest BCUT2D eigenvalue weighted by molar-refractivity contribution is 0.0933. The predicted molar refractivity (Wildman–Crippen MR) is 71.0 cm³/mol. The summed E-state index contributed by atoms with van der Waals surface area (Å²) in [7, 11) is 0. The summed E-state index contributed by atoms with van der Waals surface area (Å²) < 4.78 is 5.20. The fourth-order valence-electron chi connectivity index (χ4n) is 2.70. The standard InChI is InChI=1S/C14H21N3O2/c1-9-6-10(4-5-15-9)8-16-14(18)12-7-13(19-17-12)11-2-3-11/h7,9-11,15H,2-6,8H2,1H3,(H,16,18)/t9-,10-/m0/s1. The minimum absolute atomic E-state index is 0.109. The summed E-state index contributed by atoms with van der Waals surface area (Å²) in [4.78, 5) is 12.0. The van der Waals surface area contributed by atoms with Crippen molar-refractivity contribution in [3.05, 3.63) is 17.5 Å². The number of carbonyl (C=O) groups excluding carboxylic acids is 1. The van der Waals surface area contributed by atoms with Gasteiger partial charge in [-0.15, -0.1) is 0 Å². The zero-order chi connectivity index (χ0) is 13.2. The van der Waals surface area contributed by atoms with Crippen LogP contribution >= 0.6 is 0 Å². The average Bonchev–Trinajstić information content (AvgIpc) is 3.14. The fourth-order valence-corrected chi connectivity index (χ4v) is 2.70. The van der Waals surface area contributed by atoms with Crippen LogP contribution in [-0.2, 0) is 0 Å². The number of carbonyl (C=O) groups is 1. The van der Waals surface area contributed by atoms with Crippen LogP contribution in [0, 0.1) is 5.92 Å². The molecule has 2 heterocycles. The van der Waals surface area contributed by atoms with E-state index in [9.17, 15) is 4.79 Å². The first-order chi connectivity index (χ1) is 9.22. The van der Waals surface area contributed by atoms with E-state index in [2.05, 4.69) is 22.7 Å². The molecule has 0 radical (unpaired) electrons. The second-order valence-electron chi connectivity index (χ2n) is 5.84. The van der Waals surface area contributed by atoms with Crippen LogP contribution in [0.5, 0.6) is 0 Å². The maximum atomic E-state index is 12.0. The maximum absolute atomic E-state index is 12.0. The van der Waals surface area contributed by atoms with Crippen molar-refractivity contribution in [2.75, 3.05) is 13.1 Å². The highest BCUT2D eigenvalue weighted by molar-refractivity contribution is 5.92. The van der Waals surface area contributed by atoms with Gasteiger partial charge in [0, 0.05) is 24.6 Å². The average molecular weight is 263 g/mol. The Labute approximate surface area is 113 Å². The van der Waals surface area contributed by atoms with Gasteiger partial charge in [0.2, 0.25) is 0 Å². The van der Waals surface area contributed by atoms with E-state index in [4.69, 9.17) is 4.52 Å². The molecule has 19 heavy (non-hydrogen) atoms. The molecule has 1 saturated heterocycles. The van der Waals surface area contributed by atoms with E-state index in [-0.39, 0.29) is 5.91 Å². The summed E-state index contributed by atoms with van der Waals surface area (Å²) in [6, 6.07) is 2.34. The molecule has 104 valence electrons. The molecule has 5 nitrogen and oxygen atoms in total. The predicted octanol–water partition coefficient (Wildman–Crippen LogP) is 1.67. The van der Waals surface area contributed by atoms with Crippen molar-refractivity contribution in [2.45, 2.75) is 44.6 Å². The van der Waals surface area contributed by atoms with Crippen molar-refractivity contribution in [1.82, 2.24) is 15.8 Å². The van der Waals surface area contributed by atoms with Gasteiger partial charge >= 0.3 is 0 Å². The van der Waals surface area contributed by atoms with Crippen LogP contribution in [0.1, 0.15) is 54.8 Å². The van der Waals surface area contributed by atoms with Crippen LogP contribution in [0.4, 0.5) is 0 Å². The Morgan fingerprint density at radius 3 is 3.11 bits per heavy atom. The molecule has 1 amide bonds. The van der Waals surface area contributed by atoms with Crippen molar-refractivity contribution in [1.29, 1.82) is 0 Å². The van der Waals surface area contributed by atoms with Crippen molar-refractivity contribution < 1.29 is 9.32 Å². The number of hydrogen-bond acceptors (Lipinski definition) is 4. The number of hydrogen-bond donors (Lipinski definition) is 2. The summed E-state index contributed by atoms with van der Waals surface area (Å²) in [6.07, 6.45) is 4.55. The lowest BCUT2D eigenvalue weighted by atomic mass is 9.93. The Bertz CT molecular complexity index is 453. The first kappa shape index (κ1) is 12.7. The molecule has 1 aromatic rings. The van der Waals surface area contributed by atoms with E-state index in [1.165, 1.54) is 0 Å². The molecule has 0 bridgehead atoms. The molecular formula is C14H21N3O2. The molecule has 3 rings (SSSR count). The number of nitrogens with one attached hydrogen (secondary N) is 2. The molecule has 1 aromatic heterocycles. The van der Waals surface area contributed by atoms with Crippen LogP contribution in [0.25, 0.3) is 0 Å². The number of piperidine rings is 1. The molecule has 1 saturated carbocycles. The second-order valence-corrected chi connectivity index (χ2v) is 5.84. The largest absolute Gasteiger partial charge is 0.360 e. The van der Waals surface area contributed by atoms with Gasteiger partial charge in [0.15, 0.2) is 5.69 Å². The van der Waals surface area contributed by atoms with Crippen LogP contribution in [0.15, 0.2) is 10.6 Å². The molecular weight excluding hydrogens is 242 g/mol. The molecule has 1 aliphatic heterocycles. The van der Waals surface area contributed by atoms with E-state index >= 15 is 0 Å². The van der Waals surface area contributed by atoms with Crippen LogP contribution in [-0.4, -0.2) is 30.2 Å². The van der Waals surface area contributed by atoms with E-state index in [0.717, 1.165) is 44.5 Å². The Balaban J connectivity index is 1.49. The number of rotatable bonds is 4. The number of nitrogens with zero attached hydrogens (tertiary/aromatic N) is 1. The fraction of sp³-hybridized carbons (Fsp3) is 0.714. The minimum atomic E-state index is -0.109. The zero-order valence-electron chi connectivity index (χ0n) is 11.3. The summed E-state index contributed by atoms with van der Waals surface area (Å²) in [5.41, 5.74) is 0.420. The monoisotopic (exact) mass is 263 g/mol. The van der Waals surface area contributed by atoms with Crippen LogP contribution in [0.2, 0.25) is 0 Å². The Morgan fingerprint density at radius 2 is 2.37 bits per heavy atom. The van der Waals surface area contributed by atoms with Gasteiger partial charge in [0.05, 0.1) is 0 Å². The minimum Gasteiger partial charge on any atom is -0.360 e. The van der Waals surface area contributed by atoms with Gasteiger partial charge in [0.25, 0.3) is 5.91 Å². The Kier molecular flexibility index (Phi) is 3.55. The SMILES string of the molecule is C[C@H]1C[C@@H](CNC(=O)c2cc(C3CC3)on2)CCN1. The van der Waals surface area contributed by atoms with Crippen molar-refractivity contribution in [3.8, 4) is 0 Å². The maximum Gasteiger partial charge on any atom is 0.273 e. The summed E-state index contributed by atoms with van der Waals surface area (Å²) in [5, 5.41) is 10.2. The second kappa shape index (κ2) is 5.33. The van der Waals surface area contributed by atoms with Gasteiger partial charge in [0.1, 0.15) is 5.76 Å². The number of amides is 1. The highest BCUT2D eigenvalue weighted by Crippen LogP contribution is 2.40. The molecule has 1 aliphatic carbocycles. The summed E-state index contributed by atoms with van der Waals surface area (Å²) >= 11 is 0. The first-order valence-electron chi connectivity index (χ1n) is 7.20. The van der Waals surface area contributed by atoms with Gasteiger partial charge in [-0.3, -0.25) is 4.79 Å². The molecule has 5 heteroatoms. The molecule has 2 aliphatic rings. The summed E-state index contributed by atoms with van der Waals surface area (Å²) in [5.74, 6) is 1.82. The van der Waals surface area contributed by atoms with Gasteiger partial charge < -0.3 is 15.2 Å². The quantitative estimate of drug-likeness (QED) is 0.867. The smallest absolute Gasteiger partial charge is 0.273 e. The van der Waals surface area contributed by atoms with Crippen LogP contribution in [0.3, 0.4) is 0 Å². The van der Waals surface area contributed by atoms with E-state index in [0.29, 0.717) is 23.6 Å². The van der Waals surface area contributed by atoms with E-state index in [1.807, 2.05) is 0 Å². The molecule has 2 fully saturated rings. The first-order valence-corrected chi connectivity index (χ1v) is 7.20. The van der Waals surface area contributed by atoms with Gasteiger partial charge in [-0.05, 0) is 45.1 Å². The molecule has 0 spiro atoms. The molecule has 2 atom stereocenters. The summed E-state index contributed by atoms with van der Waals surface area (Å²) in [6.45, 7) is 3.96. The molecule has 2 N–H and O–H groups in total. The third-order valence-electron chi connectivity index (χ3n) is 4.02. The number of aromatic nitrogens is 1. The Hall–Kier alpha value is -1.36. The third-order valence-corrected chi connectivity index (χ3v) is 4.02. The lowest BCUT2D eigenvalue weighted by Gasteiger charge is -2.27. The highest BCUT2D eigenvalue weighted by atomic mass is 16.5. The normalized spacial score (nSPS) is 27.2. The Morgan fingerprint density at radius 1 is 1.53 bits per heavy atom. The van der Waals surface area contributed by atoms with Crippen molar-refractivity contribution >= 4 is 5.91 Å². The van der Waals surface area contributed by atoms with Gasteiger partial charge in [-0.2, -0.15) is 0 Å². The third kappa shape index (κ3) is 3.15. The van der Waals surface area contributed by atoms with Gasteiger partial charge in [-0.1, -0.05) is 5.16 Å². The van der Waals surface area contributed by atoms with Crippen molar-refractivity contribution in [2.24, 2.45) is 5.92 Å². The van der Waals surface area contributed by atoms with Gasteiger partial charge in [-0.25, -0.2) is 0 Å². The van der Waals surface area contributed by atoms with Crippen LogP contribution < -0.4 is 10.6 Å². The topological polar surface area (TPSA) is 67.2 Å². The zero-order valence-corrected chi connectivity index (χ0v) is 11.3. The lowest BCUT2D eigenvalue weighted by Crippen LogP contribution is -2.40. The van der Waals surface area contributed by atoms with E-state index < -0.39 is 0 Å². The highest BCUT2D eigenvalue weighted by Gasteiger charge is 2.29. The molecule has 0 aromatic carbocycles. The van der Waals surface area contributed by atoms with E-state index in [1.54, 1.807) is 6.07 Å².